The number of nitrogens with zero attached hydrogens (tertiary/aromatic N) is 3. The Morgan fingerprint density at radius 3 is 2.58 bits per heavy atom. The maximum atomic E-state index is 5.82. The third-order valence-electron chi connectivity index (χ3n) is 3.48. The Morgan fingerprint density at radius 2 is 1.83 bits per heavy atom. The van der Waals surface area contributed by atoms with Gasteiger partial charge in [-0.05, 0) is 35.0 Å². The van der Waals surface area contributed by atoms with Gasteiger partial charge in [-0.25, -0.2) is 0 Å². The van der Waals surface area contributed by atoms with Crippen molar-refractivity contribution in [1.82, 2.24) is 15.1 Å². The highest BCUT2D eigenvalue weighted by Gasteiger charge is 2.15. The van der Waals surface area contributed by atoms with Crippen LogP contribution in [0.4, 0.5) is 0 Å². The molecule has 122 valence electrons. The Bertz CT molecular complexity index is 816. The summed E-state index contributed by atoms with van der Waals surface area (Å²) in [5, 5.41) is 12.4. The summed E-state index contributed by atoms with van der Waals surface area (Å²) in [6.45, 7) is 2.09. The lowest BCUT2D eigenvalue weighted by molar-refractivity contribution is 0.208. The van der Waals surface area contributed by atoms with Gasteiger partial charge in [0.2, 0.25) is 5.89 Å². The van der Waals surface area contributed by atoms with Crippen LogP contribution in [0.3, 0.4) is 0 Å². The van der Waals surface area contributed by atoms with Crippen molar-refractivity contribution >= 4 is 22.7 Å². The summed E-state index contributed by atoms with van der Waals surface area (Å²) in [4.78, 5) is 4.51. The SMILES string of the molecule is c1coc(CN(Cc2nnc(-c3cccs3)o2)Cc2cccs2)c1. The molecular weight excluding hydrogens is 342 g/mol. The van der Waals surface area contributed by atoms with Gasteiger partial charge >= 0.3 is 0 Å². The number of hydrogen-bond donors (Lipinski definition) is 0. The quantitative estimate of drug-likeness (QED) is 0.482. The fraction of sp³-hybridized carbons (Fsp3) is 0.176. The Hall–Kier alpha value is -2.22. The third-order valence-corrected chi connectivity index (χ3v) is 5.20. The first-order valence-electron chi connectivity index (χ1n) is 7.50. The second-order valence-electron chi connectivity index (χ2n) is 5.28. The molecule has 7 heteroatoms. The second-order valence-corrected chi connectivity index (χ2v) is 7.26. The fourth-order valence-corrected chi connectivity index (χ4v) is 3.81. The first kappa shape index (κ1) is 15.3. The minimum absolute atomic E-state index is 0.578. The van der Waals surface area contributed by atoms with E-state index in [1.54, 1.807) is 28.9 Å². The monoisotopic (exact) mass is 357 g/mol. The van der Waals surface area contributed by atoms with Gasteiger partial charge in [0.25, 0.3) is 5.89 Å². The first-order valence-corrected chi connectivity index (χ1v) is 9.26. The maximum Gasteiger partial charge on any atom is 0.257 e. The molecule has 4 aromatic heterocycles. The molecule has 0 amide bonds. The van der Waals surface area contributed by atoms with Gasteiger partial charge in [-0.2, -0.15) is 0 Å². The van der Waals surface area contributed by atoms with Crippen LogP contribution < -0.4 is 0 Å². The van der Waals surface area contributed by atoms with Crippen molar-refractivity contribution in [3.05, 3.63) is 69.9 Å². The molecule has 0 atom stereocenters. The van der Waals surface area contributed by atoms with E-state index in [4.69, 9.17) is 8.83 Å². The highest BCUT2D eigenvalue weighted by molar-refractivity contribution is 7.13. The van der Waals surface area contributed by atoms with E-state index in [2.05, 4.69) is 32.6 Å². The van der Waals surface area contributed by atoms with E-state index in [0.717, 1.165) is 17.2 Å². The zero-order valence-electron chi connectivity index (χ0n) is 12.8. The van der Waals surface area contributed by atoms with Crippen molar-refractivity contribution in [2.75, 3.05) is 0 Å². The Morgan fingerprint density at radius 1 is 0.917 bits per heavy atom. The zero-order chi connectivity index (χ0) is 16.2. The average molecular weight is 357 g/mol. The Kier molecular flexibility index (Phi) is 4.55. The van der Waals surface area contributed by atoms with Gasteiger partial charge in [0.1, 0.15) is 5.76 Å². The average Bonchev–Trinajstić information content (AvgIpc) is 3.37. The van der Waals surface area contributed by atoms with Gasteiger partial charge in [0.05, 0.1) is 24.2 Å². The van der Waals surface area contributed by atoms with Crippen molar-refractivity contribution in [1.29, 1.82) is 0 Å². The van der Waals surface area contributed by atoms with Crippen molar-refractivity contribution in [2.24, 2.45) is 0 Å². The van der Waals surface area contributed by atoms with Crippen LogP contribution in [0.5, 0.6) is 0 Å². The normalized spacial score (nSPS) is 11.4. The fourth-order valence-electron chi connectivity index (χ4n) is 2.42. The van der Waals surface area contributed by atoms with Gasteiger partial charge < -0.3 is 8.83 Å². The smallest absolute Gasteiger partial charge is 0.257 e. The molecule has 0 aromatic carbocycles. The molecule has 0 saturated heterocycles. The Labute approximate surface area is 147 Å². The van der Waals surface area contributed by atoms with E-state index in [0.29, 0.717) is 24.9 Å². The molecule has 0 spiro atoms. The van der Waals surface area contributed by atoms with E-state index in [-0.39, 0.29) is 0 Å². The lowest BCUT2D eigenvalue weighted by Crippen LogP contribution is -2.21. The molecule has 0 saturated carbocycles. The maximum absolute atomic E-state index is 5.82. The van der Waals surface area contributed by atoms with E-state index in [9.17, 15) is 0 Å². The minimum Gasteiger partial charge on any atom is -0.468 e. The van der Waals surface area contributed by atoms with Crippen LogP contribution >= 0.6 is 22.7 Å². The topological polar surface area (TPSA) is 55.3 Å². The molecule has 4 aromatic rings. The van der Waals surface area contributed by atoms with Crippen LogP contribution in [0.25, 0.3) is 10.8 Å². The van der Waals surface area contributed by atoms with Gasteiger partial charge in [0, 0.05) is 11.4 Å². The van der Waals surface area contributed by atoms with Gasteiger partial charge in [-0.3, -0.25) is 4.90 Å². The van der Waals surface area contributed by atoms with Crippen molar-refractivity contribution in [3.8, 4) is 10.8 Å². The number of furan rings is 1. The molecule has 0 aliphatic rings. The van der Waals surface area contributed by atoms with Crippen LogP contribution in [-0.4, -0.2) is 15.1 Å². The van der Waals surface area contributed by atoms with E-state index < -0.39 is 0 Å². The predicted molar refractivity (Wildman–Crippen MR) is 93.6 cm³/mol. The molecule has 0 fully saturated rings. The van der Waals surface area contributed by atoms with Crippen molar-refractivity contribution in [2.45, 2.75) is 19.6 Å². The van der Waals surface area contributed by atoms with Crippen LogP contribution in [0.2, 0.25) is 0 Å². The first-order chi connectivity index (χ1) is 11.9. The number of hydrogen-bond acceptors (Lipinski definition) is 7. The molecule has 0 aliphatic carbocycles. The van der Waals surface area contributed by atoms with Crippen molar-refractivity contribution < 1.29 is 8.83 Å². The van der Waals surface area contributed by atoms with Crippen LogP contribution in [0, 0.1) is 0 Å². The zero-order valence-corrected chi connectivity index (χ0v) is 14.4. The lowest BCUT2D eigenvalue weighted by atomic mass is 10.3. The van der Waals surface area contributed by atoms with Crippen LogP contribution in [0.1, 0.15) is 16.5 Å². The summed E-state index contributed by atoms with van der Waals surface area (Å²) in [7, 11) is 0. The number of aromatic nitrogens is 2. The van der Waals surface area contributed by atoms with Crippen molar-refractivity contribution in [3.63, 3.8) is 0 Å². The number of rotatable bonds is 7. The molecule has 24 heavy (non-hydrogen) atoms. The molecule has 0 N–H and O–H groups in total. The van der Waals surface area contributed by atoms with Gasteiger partial charge in [-0.15, -0.1) is 32.9 Å². The highest BCUT2D eigenvalue weighted by Crippen LogP contribution is 2.24. The van der Waals surface area contributed by atoms with Crippen LogP contribution in [0.15, 0.2) is 62.3 Å². The second kappa shape index (κ2) is 7.12. The summed E-state index contributed by atoms with van der Waals surface area (Å²) in [6.07, 6.45) is 1.69. The van der Waals surface area contributed by atoms with Crippen LogP contribution in [-0.2, 0) is 19.6 Å². The summed E-state index contributed by atoms with van der Waals surface area (Å²) >= 11 is 3.33. The molecule has 0 unspecified atom stereocenters. The molecule has 0 aliphatic heterocycles. The third kappa shape index (κ3) is 3.64. The standard InChI is InChI=1S/C17H15N3O2S2/c1-4-13(21-7-1)10-20(11-14-5-2-8-23-14)12-16-18-19-17(22-16)15-6-3-9-24-15/h1-9H,10-12H2. The molecular formula is C17H15N3O2S2. The van der Waals surface area contributed by atoms with E-state index >= 15 is 0 Å². The van der Waals surface area contributed by atoms with Gasteiger partial charge in [0.15, 0.2) is 0 Å². The molecule has 0 radical (unpaired) electrons. The lowest BCUT2D eigenvalue weighted by Gasteiger charge is -2.18. The summed E-state index contributed by atoms with van der Waals surface area (Å²) in [6, 6.07) is 12.0. The van der Waals surface area contributed by atoms with Gasteiger partial charge in [-0.1, -0.05) is 12.1 Å². The summed E-state index contributed by atoms with van der Waals surface area (Å²) in [5.41, 5.74) is 0. The molecule has 0 bridgehead atoms. The Balaban J connectivity index is 1.50. The molecule has 4 rings (SSSR count). The predicted octanol–water partition coefficient (Wildman–Crippen LogP) is 4.66. The summed E-state index contributed by atoms with van der Waals surface area (Å²) in [5.74, 6) is 2.11. The highest BCUT2D eigenvalue weighted by atomic mass is 32.1. The molecule has 4 heterocycles. The van der Waals surface area contributed by atoms with E-state index in [1.165, 1.54) is 4.88 Å². The molecule has 5 nitrogen and oxygen atoms in total. The van der Waals surface area contributed by atoms with E-state index in [1.807, 2.05) is 29.6 Å². The minimum atomic E-state index is 0.578. The number of thiophene rings is 2. The summed E-state index contributed by atoms with van der Waals surface area (Å²) < 4.78 is 11.3. The largest absolute Gasteiger partial charge is 0.468 e.